The average molecular weight is 258 g/mol. The summed E-state index contributed by atoms with van der Waals surface area (Å²) in [7, 11) is 0. The topological polar surface area (TPSA) is 66.0 Å². The molecule has 0 spiro atoms. The Morgan fingerprint density at radius 2 is 2.05 bits per heavy atom. The van der Waals surface area contributed by atoms with E-state index < -0.39 is 0 Å². The van der Waals surface area contributed by atoms with Gasteiger partial charge in [0.15, 0.2) is 0 Å². The molecule has 4 heteroatoms. The van der Waals surface area contributed by atoms with Crippen LogP contribution in [0.25, 0.3) is 0 Å². The van der Waals surface area contributed by atoms with Crippen molar-refractivity contribution in [2.24, 2.45) is 11.7 Å². The van der Waals surface area contributed by atoms with Gasteiger partial charge in [-0.1, -0.05) is 0 Å². The van der Waals surface area contributed by atoms with Crippen LogP contribution in [-0.4, -0.2) is 23.4 Å². The van der Waals surface area contributed by atoms with Crippen molar-refractivity contribution in [3.63, 3.8) is 0 Å². The Morgan fingerprint density at radius 1 is 1.37 bits per heavy atom. The van der Waals surface area contributed by atoms with Crippen LogP contribution in [0.2, 0.25) is 0 Å². The van der Waals surface area contributed by atoms with Crippen molar-refractivity contribution in [3.05, 3.63) is 22.9 Å². The predicted molar refractivity (Wildman–Crippen MR) is 77.8 cm³/mol. The van der Waals surface area contributed by atoms with Crippen molar-refractivity contribution in [1.82, 2.24) is 4.98 Å². The summed E-state index contributed by atoms with van der Waals surface area (Å²) in [6, 6.07) is 2.63. The van der Waals surface area contributed by atoms with Crippen LogP contribution in [0.1, 0.15) is 42.5 Å². The van der Waals surface area contributed by atoms with Crippen LogP contribution in [0.3, 0.4) is 0 Å². The largest absolute Gasteiger partial charge is 0.384 e. The number of aromatic nitrogens is 1. The average Bonchev–Trinajstić information content (AvgIpc) is 3.17. The number of amidine groups is 1. The van der Waals surface area contributed by atoms with E-state index in [1.165, 1.54) is 25.7 Å². The summed E-state index contributed by atoms with van der Waals surface area (Å²) in [4.78, 5) is 7.11. The highest BCUT2D eigenvalue weighted by Gasteiger charge is 2.36. The van der Waals surface area contributed by atoms with Gasteiger partial charge in [0, 0.05) is 18.3 Å². The SMILES string of the molecule is Cc1cc(C)c(C(=N)N)c(N(CC2CC2)C2CC2)n1. The number of anilines is 1. The number of pyridine rings is 1. The highest BCUT2D eigenvalue weighted by molar-refractivity contribution is 6.01. The van der Waals surface area contributed by atoms with Gasteiger partial charge in [0.05, 0.1) is 5.56 Å². The van der Waals surface area contributed by atoms with Crippen LogP contribution in [0.5, 0.6) is 0 Å². The minimum atomic E-state index is 0.140. The lowest BCUT2D eigenvalue weighted by Gasteiger charge is -2.27. The monoisotopic (exact) mass is 258 g/mol. The Bertz CT molecular complexity index is 515. The van der Waals surface area contributed by atoms with Gasteiger partial charge in [0.25, 0.3) is 0 Å². The molecule has 3 rings (SSSR count). The first kappa shape index (κ1) is 12.5. The molecule has 0 bridgehead atoms. The standard InChI is InChI=1S/C15H22N4/c1-9-7-10(2)18-15(13(9)14(16)17)19(12-5-6-12)8-11-3-4-11/h7,11-12H,3-6,8H2,1-2H3,(H3,16,17). The van der Waals surface area contributed by atoms with E-state index in [1.54, 1.807) is 0 Å². The van der Waals surface area contributed by atoms with E-state index in [4.69, 9.17) is 16.1 Å². The molecule has 19 heavy (non-hydrogen) atoms. The molecule has 2 saturated carbocycles. The molecular weight excluding hydrogens is 236 g/mol. The Kier molecular flexibility index (Phi) is 2.96. The van der Waals surface area contributed by atoms with Gasteiger partial charge >= 0.3 is 0 Å². The smallest absolute Gasteiger partial charge is 0.140 e. The van der Waals surface area contributed by atoms with Crippen LogP contribution >= 0.6 is 0 Å². The molecule has 0 unspecified atom stereocenters. The third kappa shape index (κ3) is 2.57. The minimum absolute atomic E-state index is 0.140. The van der Waals surface area contributed by atoms with E-state index in [0.717, 1.165) is 35.1 Å². The number of hydrogen-bond acceptors (Lipinski definition) is 3. The second-order valence-electron chi connectivity index (χ2n) is 6.02. The molecule has 0 radical (unpaired) electrons. The zero-order valence-corrected chi connectivity index (χ0v) is 11.7. The first-order chi connectivity index (χ1) is 9.06. The maximum atomic E-state index is 7.85. The van der Waals surface area contributed by atoms with E-state index in [-0.39, 0.29) is 5.84 Å². The second kappa shape index (κ2) is 4.51. The van der Waals surface area contributed by atoms with Crippen LogP contribution < -0.4 is 10.6 Å². The van der Waals surface area contributed by atoms with Gasteiger partial charge in [0.1, 0.15) is 11.7 Å². The number of aryl methyl sites for hydroxylation is 2. The lowest BCUT2D eigenvalue weighted by Crippen LogP contribution is -2.32. The zero-order valence-electron chi connectivity index (χ0n) is 11.7. The molecule has 3 N–H and O–H groups in total. The summed E-state index contributed by atoms with van der Waals surface area (Å²) in [5.41, 5.74) is 8.70. The Labute approximate surface area is 114 Å². The van der Waals surface area contributed by atoms with Gasteiger partial charge in [-0.05, 0) is 57.1 Å². The third-order valence-electron chi connectivity index (χ3n) is 4.01. The van der Waals surface area contributed by atoms with Crippen LogP contribution in [0.4, 0.5) is 5.82 Å². The van der Waals surface area contributed by atoms with Crippen molar-refractivity contribution >= 4 is 11.7 Å². The predicted octanol–water partition coefficient (Wildman–Crippen LogP) is 2.36. The lowest BCUT2D eigenvalue weighted by atomic mass is 10.1. The quantitative estimate of drug-likeness (QED) is 0.629. The number of nitrogens with zero attached hydrogens (tertiary/aromatic N) is 2. The van der Waals surface area contributed by atoms with Gasteiger partial charge in [-0.2, -0.15) is 0 Å². The molecule has 4 nitrogen and oxygen atoms in total. The molecule has 2 aliphatic carbocycles. The molecular formula is C15H22N4. The summed E-state index contributed by atoms with van der Waals surface area (Å²) in [5, 5.41) is 7.85. The van der Waals surface area contributed by atoms with Crippen molar-refractivity contribution in [3.8, 4) is 0 Å². The van der Waals surface area contributed by atoms with Gasteiger partial charge < -0.3 is 10.6 Å². The highest BCUT2D eigenvalue weighted by atomic mass is 15.2. The van der Waals surface area contributed by atoms with Crippen molar-refractivity contribution in [1.29, 1.82) is 5.41 Å². The lowest BCUT2D eigenvalue weighted by molar-refractivity contribution is 0.706. The molecule has 2 fully saturated rings. The van der Waals surface area contributed by atoms with Gasteiger partial charge in [0.2, 0.25) is 0 Å². The molecule has 1 heterocycles. The van der Waals surface area contributed by atoms with Gasteiger partial charge in [-0.3, -0.25) is 5.41 Å². The van der Waals surface area contributed by atoms with Crippen LogP contribution in [0.15, 0.2) is 6.07 Å². The second-order valence-corrected chi connectivity index (χ2v) is 6.02. The maximum Gasteiger partial charge on any atom is 0.140 e. The first-order valence-corrected chi connectivity index (χ1v) is 7.15. The maximum absolute atomic E-state index is 7.85. The van der Waals surface area contributed by atoms with Crippen LogP contribution in [0, 0.1) is 25.2 Å². The molecule has 0 amide bonds. The van der Waals surface area contributed by atoms with Crippen molar-refractivity contribution in [2.75, 3.05) is 11.4 Å². The van der Waals surface area contributed by atoms with Crippen LogP contribution in [-0.2, 0) is 0 Å². The minimum Gasteiger partial charge on any atom is -0.384 e. The summed E-state index contributed by atoms with van der Waals surface area (Å²) in [6.07, 6.45) is 5.17. The normalized spacial score (nSPS) is 18.4. The number of nitrogens with one attached hydrogen (secondary N) is 1. The van der Waals surface area contributed by atoms with Gasteiger partial charge in [-0.25, -0.2) is 4.98 Å². The summed E-state index contributed by atoms with van der Waals surface area (Å²) in [6.45, 7) is 5.13. The fourth-order valence-electron chi connectivity index (χ4n) is 2.73. The fraction of sp³-hybridized carbons (Fsp3) is 0.600. The summed E-state index contributed by atoms with van der Waals surface area (Å²) >= 11 is 0. The number of rotatable bonds is 5. The molecule has 0 aliphatic heterocycles. The Morgan fingerprint density at radius 3 is 2.58 bits per heavy atom. The van der Waals surface area contributed by atoms with E-state index in [0.29, 0.717) is 6.04 Å². The Hall–Kier alpha value is -1.58. The van der Waals surface area contributed by atoms with Gasteiger partial charge in [-0.15, -0.1) is 0 Å². The third-order valence-corrected chi connectivity index (χ3v) is 4.01. The fourth-order valence-corrected chi connectivity index (χ4v) is 2.73. The van der Waals surface area contributed by atoms with E-state index >= 15 is 0 Å². The molecule has 1 aromatic heterocycles. The Balaban J connectivity index is 2.02. The first-order valence-electron chi connectivity index (χ1n) is 7.15. The summed E-state index contributed by atoms with van der Waals surface area (Å²) in [5.74, 6) is 1.91. The highest BCUT2D eigenvalue weighted by Crippen LogP contribution is 2.38. The molecule has 102 valence electrons. The van der Waals surface area contributed by atoms with E-state index in [9.17, 15) is 0 Å². The molecule has 2 aliphatic rings. The molecule has 0 atom stereocenters. The van der Waals surface area contributed by atoms with E-state index in [1.807, 2.05) is 19.9 Å². The number of nitrogen functional groups attached to an aromatic ring is 1. The number of nitrogens with two attached hydrogens (primary N) is 1. The van der Waals surface area contributed by atoms with Crippen molar-refractivity contribution in [2.45, 2.75) is 45.6 Å². The number of hydrogen-bond donors (Lipinski definition) is 2. The molecule has 0 saturated heterocycles. The molecule has 0 aromatic carbocycles. The zero-order chi connectivity index (χ0) is 13.6. The van der Waals surface area contributed by atoms with E-state index in [2.05, 4.69) is 4.90 Å². The summed E-state index contributed by atoms with van der Waals surface area (Å²) < 4.78 is 0. The molecule has 1 aromatic rings. The van der Waals surface area contributed by atoms with Crippen molar-refractivity contribution < 1.29 is 0 Å².